The lowest BCUT2D eigenvalue weighted by Gasteiger charge is -2.06. The maximum absolute atomic E-state index is 11.8. The Kier molecular flexibility index (Phi) is 5.00. The predicted molar refractivity (Wildman–Crippen MR) is 76.0 cm³/mol. The van der Waals surface area contributed by atoms with E-state index in [1.165, 1.54) is 11.8 Å². The highest BCUT2D eigenvalue weighted by Crippen LogP contribution is 2.18. The fourth-order valence-corrected chi connectivity index (χ4v) is 2.07. The van der Waals surface area contributed by atoms with Crippen molar-refractivity contribution < 1.29 is 13.9 Å². The van der Waals surface area contributed by atoms with Crippen molar-refractivity contribution in [3.05, 3.63) is 30.2 Å². The van der Waals surface area contributed by atoms with Gasteiger partial charge in [-0.1, -0.05) is 11.8 Å². The normalized spacial score (nSPS) is 10.3. The first-order valence-corrected chi connectivity index (χ1v) is 7.11. The van der Waals surface area contributed by atoms with Crippen LogP contribution in [0.5, 0.6) is 5.75 Å². The van der Waals surface area contributed by atoms with Crippen LogP contribution in [-0.4, -0.2) is 28.5 Å². The highest BCUT2D eigenvalue weighted by molar-refractivity contribution is 7.99. The Labute approximate surface area is 120 Å². The third-order valence-electron chi connectivity index (χ3n) is 2.28. The zero-order valence-corrected chi connectivity index (χ0v) is 12.1. The van der Waals surface area contributed by atoms with E-state index in [9.17, 15) is 4.79 Å². The third-order valence-corrected chi connectivity index (χ3v) is 3.10. The molecule has 106 valence electrons. The number of thioether (sulfide) groups is 1. The van der Waals surface area contributed by atoms with E-state index < -0.39 is 0 Å². The number of aryl methyl sites for hydroxylation is 1. The van der Waals surface area contributed by atoms with Crippen LogP contribution < -0.4 is 10.1 Å². The summed E-state index contributed by atoms with van der Waals surface area (Å²) in [5.41, 5.74) is 0.723. The van der Waals surface area contributed by atoms with Gasteiger partial charge in [0.15, 0.2) is 0 Å². The fourth-order valence-electron chi connectivity index (χ4n) is 1.46. The molecule has 0 unspecified atom stereocenters. The molecule has 20 heavy (non-hydrogen) atoms. The number of ether oxygens (including phenoxy) is 1. The average Bonchev–Trinajstić information content (AvgIpc) is 2.85. The standard InChI is InChI=1S/C13H15N3O3S/c1-3-18-11-6-4-10(5-7-11)14-12(17)8-20-13-16-15-9(2)19-13/h4-7H,3,8H2,1-2H3,(H,14,17). The van der Waals surface area contributed by atoms with Gasteiger partial charge >= 0.3 is 0 Å². The van der Waals surface area contributed by atoms with E-state index in [1.807, 2.05) is 19.1 Å². The van der Waals surface area contributed by atoms with Crippen molar-refractivity contribution in [1.29, 1.82) is 0 Å². The first-order valence-electron chi connectivity index (χ1n) is 6.13. The maximum Gasteiger partial charge on any atom is 0.277 e. The summed E-state index contributed by atoms with van der Waals surface area (Å²) >= 11 is 1.20. The van der Waals surface area contributed by atoms with Crippen molar-refractivity contribution in [2.75, 3.05) is 17.7 Å². The number of hydrogen-bond donors (Lipinski definition) is 1. The van der Waals surface area contributed by atoms with E-state index in [0.717, 1.165) is 11.4 Å². The van der Waals surface area contributed by atoms with Gasteiger partial charge in [-0.25, -0.2) is 0 Å². The average molecular weight is 293 g/mol. The van der Waals surface area contributed by atoms with Gasteiger partial charge in [0.1, 0.15) is 5.75 Å². The van der Waals surface area contributed by atoms with Crippen molar-refractivity contribution in [3.63, 3.8) is 0 Å². The Balaban J connectivity index is 1.81. The zero-order chi connectivity index (χ0) is 14.4. The van der Waals surface area contributed by atoms with Crippen molar-refractivity contribution in [3.8, 4) is 5.75 Å². The molecule has 0 saturated heterocycles. The largest absolute Gasteiger partial charge is 0.494 e. The maximum atomic E-state index is 11.8. The van der Waals surface area contributed by atoms with Gasteiger partial charge < -0.3 is 14.5 Å². The van der Waals surface area contributed by atoms with Crippen molar-refractivity contribution in [2.24, 2.45) is 0 Å². The minimum atomic E-state index is -0.130. The van der Waals surface area contributed by atoms with E-state index in [2.05, 4.69) is 15.5 Å². The minimum Gasteiger partial charge on any atom is -0.494 e. The van der Waals surface area contributed by atoms with Crippen LogP contribution in [0, 0.1) is 6.92 Å². The number of hydrogen-bond acceptors (Lipinski definition) is 6. The molecule has 6 nitrogen and oxygen atoms in total. The van der Waals surface area contributed by atoms with Crippen molar-refractivity contribution >= 4 is 23.4 Å². The van der Waals surface area contributed by atoms with Crippen molar-refractivity contribution in [2.45, 2.75) is 19.1 Å². The molecule has 1 aromatic heterocycles. The number of nitrogens with one attached hydrogen (secondary N) is 1. The molecule has 7 heteroatoms. The van der Waals surface area contributed by atoms with Gasteiger partial charge in [0.25, 0.3) is 5.22 Å². The molecule has 1 N–H and O–H groups in total. The molecule has 0 fully saturated rings. The number of carbonyl (C=O) groups excluding carboxylic acids is 1. The number of carbonyl (C=O) groups is 1. The number of aromatic nitrogens is 2. The Bertz CT molecular complexity index is 568. The van der Waals surface area contributed by atoms with Gasteiger partial charge in [-0.3, -0.25) is 4.79 Å². The number of amides is 1. The number of rotatable bonds is 6. The Morgan fingerprint density at radius 2 is 2.10 bits per heavy atom. The summed E-state index contributed by atoms with van der Waals surface area (Å²) in [5.74, 6) is 1.35. The monoisotopic (exact) mass is 293 g/mol. The highest BCUT2D eigenvalue weighted by Gasteiger charge is 2.08. The van der Waals surface area contributed by atoms with Crippen molar-refractivity contribution in [1.82, 2.24) is 10.2 Å². The topological polar surface area (TPSA) is 77.2 Å². The summed E-state index contributed by atoms with van der Waals surface area (Å²) in [5, 5.41) is 10.7. The summed E-state index contributed by atoms with van der Waals surface area (Å²) in [6.07, 6.45) is 0. The van der Waals surface area contributed by atoms with Crippen LogP contribution in [0.25, 0.3) is 0 Å². The molecule has 0 bridgehead atoms. The van der Waals surface area contributed by atoms with E-state index in [0.29, 0.717) is 17.7 Å². The van der Waals surface area contributed by atoms with Gasteiger partial charge in [0.2, 0.25) is 11.8 Å². The van der Waals surface area contributed by atoms with Gasteiger partial charge in [0.05, 0.1) is 12.4 Å². The fraction of sp³-hybridized carbons (Fsp3) is 0.308. The first kappa shape index (κ1) is 14.4. The molecule has 0 atom stereocenters. The number of anilines is 1. The summed E-state index contributed by atoms with van der Waals surface area (Å²) < 4.78 is 10.5. The molecule has 1 aromatic carbocycles. The molecule has 0 aliphatic heterocycles. The van der Waals surface area contributed by atoms with Crippen LogP contribution >= 0.6 is 11.8 Å². The second-order valence-corrected chi connectivity index (χ2v) is 4.81. The summed E-state index contributed by atoms with van der Waals surface area (Å²) in [6, 6.07) is 7.22. The molecule has 0 spiro atoms. The van der Waals surface area contributed by atoms with E-state index in [4.69, 9.17) is 9.15 Å². The second kappa shape index (κ2) is 6.95. The molecule has 2 rings (SSSR count). The lowest BCUT2D eigenvalue weighted by molar-refractivity contribution is -0.113. The SMILES string of the molecule is CCOc1ccc(NC(=O)CSc2nnc(C)o2)cc1. The molecule has 0 aliphatic carbocycles. The Morgan fingerprint density at radius 1 is 1.35 bits per heavy atom. The van der Waals surface area contributed by atoms with E-state index in [1.54, 1.807) is 19.1 Å². The minimum absolute atomic E-state index is 0.130. The van der Waals surface area contributed by atoms with E-state index in [-0.39, 0.29) is 11.7 Å². The molecule has 1 heterocycles. The van der Waals surface area contributed by atoms with Crippen LogP contribution in [0.4, 0.5) is 5.69 Å². The second-order valence-electron chi connectivity index (χ2n) is 3.88. The summed E-state index contributed by atoms with van der Waals surface area (Å²) in [4.78, 5) is 11.8. The van der Waals surface area contributed by atoms with Crippen LogP contribution in [0.3, 0.4) is 0 Å². The molecule has 0 aliphatic rings. The van der Waals surface area contributed by atoms with Crippen LogP contribution in [0.2, 0.25) is 0 Å². The van der Waals surface area contributed by atoms with Gasteiger partial charge in [0, 0.05) is 12.6 Å². The molecule has 2 aromatic rings. The molecule has 0 saturated carbocycles. The van der Waals surface area contributed by atoms with Gasteiger partial charge in [-0.15, -0.1) is 10.2 Å². The smallest absolute Gasteiger partial charge is 0.277 e. The Morgan fingerprint density at radius 3 is 2.70 bits per heavy atom. The summed E-state index contributed by atoms with van der Waals surface area (Å²) in [6.45, 7) is 4.25. The third kappa shape index (κ3) is 4.27. The zero-order valence-electron chi connectivity index (χ0n) is 11.3. The van der Waals surface area contributed by atoms with Gasteiger partial charge in [-0.2, -0.15) is 0 Å². The Hall–Kier alpha value is -2.02. The first-order chi connectivity index (χ1) is 9.67. The van der Waals surface area contributed by atoms with Crippen LogP contribution in [-0.2, 0) is 4.79 Å². The van der Waals surface area contributed by atoms with Gasteiger partial charge in [-0.05, 0) is 31.2 Å². The lowest BCUT2D eigenvalue weighted by atomic mass is 10.3. The molecular formula is C13H15N3O3S. The van der Waals surface area contributed by atoms with Crippen LogP contribution in [0.1, 0.15) is 12.8 Å². The van der Waals surface area contributed by atoms with E-state index >= 15 is 0 Å². The quantitative estimate of drug-likeness (QED) is 0.825. The van der Waals surface area contributed by atoms with Crippen LogP contribution in [0.15, 0.2) is 33.9 Å². The molecule has 1 amide bonds. The summed E-state index contributed by atoms with van der Waals surface area (Å²) in [7, 11) is 0. The predicted octanol–water partition coefficient (Wildman–Crippen LogP) is 2.51. The lowest BCUT2D eigenvalue weighted by Crippen LogP contribution is -2.13. The number of nitrogens with zero attached hydrogens (tertiary/aromatic N) is 2. The highest BCUT2D eigenvalue weighted by atomic mass is 32.2. The molecular weight excluding hydrogens is 278 g/mol. The molecule has 0 radical (unpaired) electrons. The number of benzene rings is 1.